The van der Waals surface area contributed by atoms with Crippen LogP contribution in [-0.4, -0.2) is 43.6 Å². The number of benzene rings is 1. The monoisotopic (exact) mass is 505 g/mol. The van der Waals surface area contributed by atoms with Crippen LogP contribution in [0.1, 0.15) is 20.8 Å². The summed E-state index contributed by atoms with van der Waals surface area (Å²) in [6, 6.07) is 5.98. The fourth-order valence-corrected chi connectivity index (χ4v) is 4.74. The molecular formula is C21H23N5O6S2. The molecule has 2 heterocycles. The number of methoxy groups -OCH3 is 1. The number of amides is 2. The lowest BCUT2D eigenvalue weighted by Crippen LogP contribution is -2.18. The molecule has 0 spiro atoms. The standard InChI is InChI=1S/C21H23N5O6S2/c1-11(2)32-21(28)26-14-7-16(31-4)19(23-9-14)20-24-10-17(33-20)15-6-5-13(25-12(3)27)8-18(15)34(22,29)30/h5-11H,1-4H3,(H,25,27)(H,26,28)(H2,22,29,30). The number of primary sulfonamides is 1. The van der Waals surface area contributed by atoms with Crippen LogP contribution in [0.5, 0.6) is 5.75 Å². The van der Waals surface area contributed by atoms with Crippen molar-refractivity contribution in [1.29, 1.82) is 0 Å². The Labute approximate surface area is 200 Å². The fourth-order valence-electron chi connectivity index (χ4n) is 2.94. The highest BCUT2D eigenvalue weighted by atomic mass is 32.2. The average Bonchev–Trinajstić information content (AvgIpc) is 3.21. The number of hydrogen-bond donors (Lipinski definition) is 3. The van der Waals surface area contributed by atoms with E-state index in [0.29, 0.717) is 38.3 Å². The van der Waals surface area contributed by atoms with Crippen molar-refractivity contribution in [3.05, 3.63) is 36.7 Å². The van der Waals surface area contributed by atoms with Crippen LogP contribution in [0.4, 0.5) is 16.2 Å². The zero-order chi connectivity index (χ0) is 25.0. The average molecular weight is 506 g/mol. The number of carbonyl (C=O) groups excluding carboxylic acids is 2. The molecular weight excluding hydrogens is 482 g/mol. The molecule has 2 amide bonds. The quantitative estimate of drug-likeness (QED) is 0.440. The van der Waals surface area contributed by atoms with E-state index in [0.717, 1.165) is 0 Å². The second kappa shape index (κ2) is 10.2. The number of aromatic nitrogens is 2. The molecule has 0 radical (unpaired) electrons. The summed E-state index contributed by atoms with van der Waals surface area (Å²) in [6.45, 7) is 4.78. The van der Waals surface area contributed by atoms with Crippen LogP contribution in [0.3, 0.4) is 0 Å². The number of thiazole rings is 1. The Hall–Kier alpha value is -3.55. The molecule has 0 saturated carbocycles. The Bertz CT molecular complexity index is 1340. The number of pyridine rings is 1. The third-order valence-corrected chi connectivity index (χ3v) is 6.23. The second-order valence-electron chi connectivity index (χ2n) is 7.32. The molecule has 4 N–H and O–H groups in total. The second-order valence-corrected chi connectivity index (χ2v) is 9.88. The van der Waals surface area contributed by atoms with Crippen LogP contribution in [0.15, 0.2) is 41.6 Å². The first-order valence-corrected chi connectivity index (χ1v) is 12.3. The molecule has 34 heavy (non-hydrogen) atoms. The maximum Gasteiger partial charge on any atom is 0.411 e. The first-order valence-electron chi connectivity index (χ1n) is 9.90. The van der Waals surface area contributed by atoms with Crippen molar-refractivity contribution in [2.24, 2.45) is 5.14 Å². The summed E-state index contributed by atoms with van der Waals surface area (Å²) in [5.74, 6) is -0.00214. The van der Waals surface area contributed by atoms with Gasteiger partial charge in [0.05, 0.1) is 34.9 Å². The molecule has 180 valence electrons. The van der Waals surface area contributed by atoms with E-state index in [2.05, 4.69) is 20.6 Å². The smallest absolute Gasteiger partial charge is 0.411 e. The van der Waals surface area contributed by atoms with Gasteiger partial charge in [0.15, 0.2) is 0 Å². The van der Waals surface area contributed by atoms with Gasteiger partial charge in [-0.25, -0.2) is 28.3 Å². The van der Waals surface area contributed by atoms with Crippen molar-refractivity contribution < 1.29 is 27.5 Å². The van der Waals surface area contributed by atoms with Crippen molar-refractivity contribution in [3.63, 3.8) is 0 Å². The van der Waals surface area contributed by atoms with Crippen LogP contribution < -0.4 is 20.5 Å². The van der Waals surface area contributed by atoms with Gasteiger partial charge in [-0.15, -0.1) is 11.3 Å². The first-order chi connectivity index (χ1) is 16.0. The lowest BCUT2D eigenvalue weighted by Gasteiger charge is -2.11. The van der Waals surface area contributed by atoms with Gasteiger partial charge in [-0.05, 0) is 26.0 Å². The molecule has 3 aromatic rings. The Morgan fingerprint density at radius 1 is 1.09 bits per heavy atom. The number of anilines is 2. The highest BCUT2D eigenvalue weighted by Crippen LogP contribution is 2.38. The lowest BCUT2D eigenvalue weighted by molar-refractivity contribution is -0.114. The normalized spacial score (nSPS) is 11.2. The fraction of sp³-hybridized carbons (Fsp3) is 0.238. The number of rotatable bonds is 7. The van der Waals surface area contributed by atoms with Gasteiger partial charge in [-0.1, -0.05) is 6.07 Å². The Kier molecular flexibility index (Phi) is 7.49. The van der Waals surface area contributed by atoms with Gasteiger partial charge < -0.3 is 14.8 Å². The van der Waals surface area contributed by atoms with E-state index in [4.69, 9.17) is 14.6 Å². The molecule has 3 rings (SSSR count). The topological polar surface area (TPSA) is 163 Å². The Morgan fingerprint density at radius 3 is 2.44 bits per heavy atom. The number of ether oxygens (including phenoxy) is 2. The molecule has 0 unspecified atom stereocenters. The maximum atomic E-state index is 12.2. The third-order valence-electron chi connectivity index (χ3n) is 4.24. The molecule has 0 atom stereocenters. The Balaban J connectivity index is 1.96. The van der Waals surface area contributed by atoms with Crippen LogP contribution in [0.2, 0.25) is 0 Å². The van der Waals surface area contributed by atoms with Crippen molar-refractivity contribution in [2.75, 3.05) is 17.7 Å². The van der Waals surface area contributed by atoms with Crippen LogP contribution in [0, 0.1) is 0 Å². The molecule has 0 bridgehead atoms. The number of nitrogens with zero attached hydrogens (tertiary/aromatic N) is 2. The van der Waals surface area contributed by atoms with Gasteiger partial charge in [0, 0.05) is 30.4 Å². The van der Waals surface area contributed by atoms with E-state index in [1.165, 1.54) is 43.8 Å². The molecule has 0 saturated heterocycles. The van der Waals surface area contributed by atoms with E-state index >= 15 is 0 Å². The van der Waals surface area contributed by atoms with Gasteiger partial charge in [-0.3, -0.25) is 10.1 Å². The number of carbonyl (C=O) groups is 2. The van der Waals surface area contributed by atoms with Crippen LogP contribution in [-0.2, 0) is 19.6 Å². The molecule has 11 nitrogen and oxygen atoms in total. The predicted molar refractivity (Wildman–Crippen MR) is 128 cm³/mol. The van der Waals surface area contributed by atoms with E-state index in [1.54, 1.807) is 32.0 Å². The zero-order valence-corrected chi connectivity index (χ0v) is 20.4. The molecule has 13 heteroatoms. The van der Waals surface area contributed by atoms with Crippen LogP contribution in [0.25, 0.3) is 21.1 Å². The molecule has 0 aliphatic heterocycles. The highest BCUT2D eigenvalue weighted by molar-refractivity contribution is 7.89. The zero-order valence-electron chi connectivity index (χ0n) is 18.8. The van der Waals surface area contributed by atoms with Gasteiger partial charge in [0.1, 0.15) is 16.5 Å². The van der Waals surface area contributed by atoms with Gasteiger partial charge in [0.2, 0.25) is 15.9 Å². The lowest BCUT2D eigenvalue weighted by atomic mass is 10.2. The van der Waals surface area contributed by atoms with Crippen molar-refractivity contribution in [2.45, 2.75) is 31.8 Å². The van der Waals surface area contributed by atoms with Gasteiger partial charge >= 0.3 is 6.09 Å². The minimum Gasteiger partial charge on any atom is -0.494 e. The molecule has 0 aliphatic rings. The van der Waals surface area contributed by atoms with E-state index in [-0.39, 0.29) is 16.9 Å². The van der Waals surface area contributed by atoms with E-state index in [1.807, 2.05) is 0 Å². The first kappa shape index (κ1) is 25.1. The minimum absolute atomic E-state index is 0.155. The van der Waals surface area contributed by atoms with Crippen molar-refractivity contribution >= 4 is 44.7 Å². The molecule has 2 aromatic heterocycles. The molecule has 0 aliphatic carbocycles. The minimum atomic E-state index is -4.10. The van der Waals surface area contributed by atoms with E-state index < -0.39 is 16.1 Å². The number of hydrogen-bond acceptors (Lipinski definition) is 9. The van der Waals surface area contributed by atoms with Gasteiger partial charge in [0.25, 0.3) is 0 Å². The van der Waals surface area contributed by atoms with E-state index in [9.17, 15) is 18.0 Å². The summed E-state index contributed by atoms with van der Waals surface area (Å²) in [6.07, 6.45) is 2.02. The largest absolute Gasteiger partial charge is 0.494 e. The third kappa shape index (κ3) is 6.07. The summed E-state index contributed by atoms with van der Waals surface area (Å²) in [4.78, 5) is 32.2. The molecule has 1 aromatic carbocycles. The maximum absolute atomic E-state index is 12.2. The number of nitrogens with one attached hydrogen (secondary N) is 2. The highest BCUT2D eigenvalue weighted by Gasteiger charge is 2.20. The summed E-state index contributed by atoms with van der Waals surface area (Å²) in [5.41, 5.74) is 1.39. The summed E-state index contributed by atoms with van der Waals surface area (Å²) >= 11 is 1.17. The predicted octanol–water partition coefficient (Wildman–Crippen LogP) is 3.44. The van der Waals surface area contributed by atoms with Crippen LogP contribution >= 0.6 is 11.3 Å². The SMILES string of the molecule is COc1cc(NC(=O)OC(C)C)cnc1-c1ncc(-c2ccc(NC(C)=O)cc2S(N)(=O)=O)s1. The summed E-state index contributed by atoms with van der Waals surface area (Å²) < 4.78 is 34.9. The van der Waals surface area contributed by atoms with Crippen molar-refractivity contribution in [1.82, 2.24) is 9.97 Å². The summed E-state index contributed by atoms with van der Waals surface area (Å²) in [7, 11) is -2.65. The van der Waals surface area contributed by atoms with Crippen molar-refractivity contribution in [3.8, 4) is 26.9 Å². The summed E-state index contributed by atoms with van der Waals surface area (Å²) in [5, 5.41) is 11.0. The number of sulfonamides is 1. The van der Waals surface area contributed by atoms with Gasteiger partial charge in [-0.2, -0.15) is 0 Å². The Morgan fingerprint density at radius 2 is 1.82 bits per heavy atom. The number of nitrogens with two attached hydrogens (primary N) is 1. The molecule has 0 fully saturated rings.